The summed E-state index contributed by atoms with van der Waals surface area (Å²) in [6, 6.07) is 10.1. The van der Waals surface area contributed by atoms with Crippen LogP contribution < -0.4 is 0 Å². The first kappa shape index (κ1) is 16.7. The van der Waals surface area contributed by atoms with Gasteiger partial charge in [0.05, 0.1) is 12.3 Å². The highest BCUT2D eigenvalue weighted by molar-refractivity contribution is 6.30. The van der Waals surface area contributed by atoms with E-state index in [0.29, 0.717) is 44.1 Å². The smallest absolute Gasteiger partial charge is 0.409 e. The zero-order valence-electron chi connectivity index (χ0n) is 13.7. The number of rotatable bonds is 3. The van der Waals surface area contributed by atoms with Gasteiger partial charge in [-0.2, -0.15) is 0 Å². The summed E-state index contributed by atoms with van der Waals surface area (Å²) in [6.07, 6.45) is 1.69. The van der Waals surface area contributed by atoms with Gasteiger partial charge in [0.1, 0.15) is 11.0 Å². The molecule has 6 heteroatoms. The molecule has 5 nitrogen and oxygen atoms in total. The number of amides is 1. The van der Waals surface area contributed by atoms with E-state index in [0.717, 1.165) is 22.6 Å². The average Bonchev–Trinajstić information content (AvgIpc) is 2.79. The fraction of sp³-hybridized carbons (Fsp3) is 0.389. The molecule has 0 N–H and O–H groups in total. The van der Waals surface area contributed by atoms with Crippen LogP contribution in [0.1, 0.15) is 29.6 Å². The lowest BCUT2D eigenvalue weighted by Crippen LogP contribution is -2.33. The number of hydrogen-bond acceptors (Lipinski definition) is 4. The normalized spacial score (nSPS) is 14.0. The first-order valence-electron chi connectivity index (χ1n) is 8.17. The molecule has 0 atom stereocenters. The molecule has 1 amide bonds. The van der Waals surface area contributed by atoms with Gasteiger partial charge in [-0.25, -0.2) is 14.8 Å². The largest absolute Gasteiger partial charge is 0.450 e. The second-order valence-electron chi connectivity index (χ2n) is 5.70. The van der Waals surface area contributed by atoms with Gasteiger partial charge < -0.3 is 9.64 Å². The minimum absolute atomic E-state index is 0.279. The fourth-order valence-corrected chi connectivity index (χ4v) is 3.16. The zero-order valence-corrected chi connectivity index (χ0v) is 14.4. The van der Waals surface area contributed by atoms with Gasteiger partial charge >= 0.3 is 6.09 Å². The van der Waals surface area contributed by atoms with Crippen LogP contribution in [0.15, 0.2) is 30.3 Å². The molecule has 1 aliphatic heterocycles. The summed E-state index contributed by atoms with van der Waals surface area (Å²) in [4.78, 5) is 22.8. The van der Waals surface area contributed by atoms with E-state index in [2.05, 4.69) is 4.98 Å². The quantitative estimate of drug-likeness (QED) is 0.801. The summed E-state index contributed by atoms with van der Waals surface area (Å²) in [5, 5.41) is 0.497. The predicted molar refractivity (Wildman–Crippen MR) is 92.3 cm³/mol. The van der Waals surface area contributed by atoms with E-state index in [1.807, 2.05) is 37.3 Å². The first-order chi connectivity index (χ1) is 11.7. The molecule has 126 valence electrons. The van der Waals surface area contributed by atoms with Crippen molar-refractivity contribution in [3.05, 3.63) is 58.1 Å². The number of benzene rings is 1. The van der Waals surface area contributed by atoms with Gasteiger partial charge in [-0.15, -0.1) is 0 Å². The van der Waals surface area contributed by atoms with E-state index in [-0.39, 0.29) is 6.09 Å². The van der Waals surface area contributed by atoms with Crippen LogP contribution in [0.5, 0.6) is 0 Å². The molecule has 2 heterocycles. The number of halogens is 1. The van der Waals surface area contributed by atoms with E-state index in [1.54, 1.807) is 4.90 Å². The highest BCUT2D eigenvalue weighted by Crippen LogP contribution is 2.22. The maximum absolute atomic E-state index is 11.9. The Morgan fingerprint density at radius 3 is 2.71 bits per heavy atom. The molecule has 0 spiro atoms. The van der Waals surface area contributed by atoms with E-state index in [4.69, 9.17) is 21.3 Å². The number of hydrogen-bond donors (Lipinski definition) is 0. The molecular weight excluding hydrogens is 326 g/mol. The Morgan fingerprint density at radius 2 is 1.96 bits per heavy atom. The molecule has 1 aromatic heterocycles. The highest BCUT2D eigenvalue weighted by atomic mass is 35.5. The topological polar surface area (TPSA) is 55.3 Å². The van der Waals surface area contributed by atoms with Crippen molar-refractivity contribution in [3.63, 3.8) is 0 Å². The van der Waals surface area contributed by atoms with Crippen LogP contribution in [-0.4, -0.2) is 40.7 Å². The van der Waals surface area contributed by atoms with Crippen LogP contribution in [0.25, 0.3) is 0 Å². The molecule has 0 saturated carbocycles. The summed E-state index contributed by atoms with van der Waals surface area (Å²) in [7, 11) is 0. The van der Waals surface area contributed by atoms with Gasteiger partial charge in [-0.3, -0.25) is 0 Å². The van der Waals surface area contributed by atoms with Crippen molar-refractivity contribution in [1.82, 2.24) is 14.9 Å². The molecule has 0 bridgehead atoms. The lowest BCUT2D eigenvalue weighted by molar-refractivity contribution is 0.109. The summed E-state index contributed by atoms with van der Waals surface area (Å²) >= 11 is 6.39. The van der Waals surface area contributed by atoms with Gasteiger partial charge in [0.2, 0.25) is 0 Å². The first-order valence-corrected chi connectivity index (χ1v) is 8.55. The summed E-state index contributed by atoms with van der Waals surface area (Å²) in [6.45, 7) is 3.35. The maximum atomic E-state index is 11.9. The van der Waals surface area contributed by atoms with Gasteiger partial charge in [0, 0.05) is 31.5 Å². The molecule has 0 radical (unpaired) electrons. The lowest BCUT2D eigenvalue weighted by atomic mass is 10.1. The van der Waals surface area contributed by atoms with Crippen LogP contribution in [-0.2, 0) is 24.0 Å². The molecule has 0 aliphatic carbocycles. The van der Waals surface area contributed by atoms with Crippen molar-refractivity contribution >= 4 is 17.7 Å². The highest BCUT2D eigenvalue weighted by Gasteiger charge is 2.22. The van der Waals surface area contributed by atoms with Crippen molar-refractivity contribution in [1.29, 1.82) is 0 Å². The minimum Gasteiger partial charge on any atom is -0.450 e. The Labute approximate surface area is 146 Å². The fourth-order valence-electron chi connectivity index (χ4n) is 2.86. The number of ether oxygens (including phenoxy) is 1. The number of aromatic nitrogens is 2. The number of nitrogens with zero attached hydrogens (tertiary/aromatic N) is 3. The zero-order chi connectivity index (χ0) is 16.9. The molecule has 0 fully saturated rings. The second kappa shape index (κ2) is 7.62. The molecule has 0 saturated heterocycles. The Hall–Kier alpha value is -2.14. The third-order valence-corrected chi connectivity index (χ3v) is 4.38. The van der Waals surface area contributed by atoms with Crippen molar-refractivity contribution in [2.24, 2.45) is 0 Å². The molecule has 3 rings (SSSR count). The third-order valence-electron chi connectivity index (χ3n) is 4.07. The third kappa shape index (κ3) is 3.85. The standard InChI is InChI=1S/C18H20ClN3O2/c1-2-24-18(23)22-10-8-14-15(9-11-22)20-16(21-17(14)19)12-13-6-4-3-5-7-13/h3-7H,2,8-12H2,1H3. The van der Waals surface area contributed by atoms with Gasteiger partial charge in [0.15, 0.2) is 0 Å². The monoisotopic (exact) mass is 345 g/mol. The van der Waals surface area contributed by atoms with Crippen molar-refractivity contribution in [3.8, 4) is 0 Å². The minimum atomic E-state index is -0.279. The Balaban J connectivity index is 1.78. The van der Waals surface area contributed by atoms with E-state index >= 15 is 0 Å². The van der Waals surface area contributed by atoms with Crippen LogP contribution in [0.3, 0.4) is 0 Å². The van der Waals surface area contributed by atoms with Crippen molar-refractivity contribution in [2.45, 2.75) is 26.2 Å². The average molecular weight is 346 g/mol. The van der Waals surface area contributed by atoms with Crippen molar-refractivity contribution in [2.75, 3.05) is 19.7 Å². The van der Waals surface area contributed by atoms with Gasteiger partial charge in [-0.1, -0.05) is 41.9 Å². The Morgan fingerprint density at radius 1 is 1.21 bits per heavy atom. The van der Waals surface area contributed by atoms with Crippen LogP contribution >= 0.6 is 11.6 Å². The van der Waals surface area contributed by atoms with E-state index in [1.165, 1.54) is 0 Å². The molecular formula is C18H20ClN3O2. The van der Waals surface area contributed by atoms with Crippen LogP contribution in [0.2, 0.25) is 5.15 Å². The molecule has 1 aliphatic rings. The Bertz CT molecular complexity index is 722. The summed E-state index contributed by atoms with van der Waals surface area (Å²) in [5.74, 6) is 0.717. The van der Waals surface area contributed by atoms with Crippen LogP contribution in [0.4, 0.5) is 4.79 Å². The van der Waals surface area contributed by atoms with Gasteiger partial charge in [-0.05, 0) is 18.9 Å². The van der Waals surface area contributed by atoms with Crippen molar-refractivity contribution < 1.29 is 9.53 Å². The number of carbonyl (C=O) groups is 1. The molecule has 24 heavy (non-hydrogen) atoms. The summed E-state index contributed by atoms with van der Waals surface area (Å²) in [5.41, 5.74) is 3.03. The predicted octanol–water partition coefficient (Wildman–Crippen LogP) is 3.28. The number of fused-ring (bicyclic) bond motifs is 1. The molecule has 1 aromatic carbocycles. The summed E-state index contributed by atoms with van der Waals surface area (Å²) < 4.78 is 5.09. The van der Waals surface area contributed by atoms with Crippen LogP contribution in [0, 0.1) is 0 Å². The maximum Gasteiger partial charge on any atom is 0.409 e. The SMILES string of the molecule is CCOC(=O)N1CCc2nc(Cc3ccccc3)nc(Cl)c2CC1. The number of carbonyl (C=O) groups excluding carboxylic acids is 1. The molecule has 2 aromatic rings. The lowest BCUT2D eigenvalue weighted by Gasteiger charge is -2.18. The van der Waals surface area contributed by atoms with E-state index < -0.39 is 0 Å². The Kier molecular flexibility index (Phi) is 5.30. The van der Waals surface area contributed by atoms with E-state index in [9.17, 15) is 4.79 Å². The molecule has 0 unspecified atom stereocenters. The second-order valence-corrected chi connectivity index (χ2v) is 6.06. The van der Waals surface area contributed by atoms with Gasteiger partial charge in [0.25, 0.3) is 0 Å².